The Hall–Kier alpha value is -1.88. The highest BCUT2D eigenvalue weighted by molar-refractivity contribution is 5.53. The topological polar surface area (TPSA) is 71.2 Å². The monoisotopic (exact) mass is 261 g/mol. The summed E-state index contributed by atoms with van der Waals surface area (Å²) in [7, 11) is 0. The lowest BCUT2D eigenvalue weighted by molar-refractivity contribution is 0.161. The van der Waals surface area contributed by atoms with Crippen molar-refractivity contribution < 1.29 is 9.63 Å². The van der Waals surface area contributed by atoms with Gasteiger partial charge in [-0.1, -0.05) is 32.0 Å². The number of hydrogen-bond acceptors (Lipinski definition) is 5. The number of aromatic nitrogens is 2. The van der Waals surface area contributed by atoms with Crippen LogP contribution in [0.1, 0.15) is 20.3 Å². The molecule has 19 heavy (non-hydrogen) atoms. The Labute approximate surface area is 112 Å². The standard InChI is InChI=1S/C14H19N3O2/c1-10(2)8-12(18)9-15-14-16-13(19-17-14)11-6-4-3-5-7-11/h3-7,10,12,18H,8-9H2,1-2H3,(H,15,17). The van der Waals surface area contributed by atoms with Gasteiger partial charge in [0.05, 0.1) is 6.10 Å². The van der Waals surface area contributed by atoms with Crippen molar-refractivity contribution in [1.29, 1.82) is 0 Å². The third kappa shape index (κ3) is 4.06. The van der Waals surface area contributed by atoms with Crippen molar-refractivity contribution in [2.75, 3.05) is 11.9 Å². The highest BCUT2D eigenvalue weighted by atomic mass is 16.5. The molecule has 1 heterocycles. The minimum atomic E-state index is -0.404. The Balaban J connectivity index is 1.91. The largest absolute Gasteiger partial charge is 0.391 e. The van der Waals surface area contributed by atoms with Gasteiger partial charge in [-0.2, -0.15) is 4.98 Å². The van der Waals surface area contributed by atoms with Gasteiger partial charge in [0.15, 0.2) is 0 Å². The molecular formula is C14H19N3O2. The number of nitrogens with one attached hydrogen (secondary N) is 1. The van der Waals surface area contributed by atoms with Crippen molar-refractivity contribution in [2.24, 2.45) is 5.92 Å². The van der Waals surface area contributed by atoms with E-state index in [2.05, 4.69) is 29.3 Å². The van der Waals surface area contributed by atoms with Gasteiger partial charge in [0.2, 0.25) is 0 Å². The van der Waals surface area contributed by atoms with E-state index in [1.165, 1.54) is 0 Å². The quantitative estimate of drug-likeness (QED) is 0.836. The normalized spacial score (nSPS) is 12.6. The zero-order chi connectivity index (χ0) is 13.7. The molecule has 1 atom stereocenters. The van der Waals surface area contributed by atoms with Crippen LogP contribution >= 0.6 is 0 Å². The van der Waals surface area contributed by atoms with Gasteiger partial charge >= 0.3 is 0 Å². The van der Waals surface area contributed by atoms with E-state index in [0.29, 0.717) is 24.3 Å². The molecule has 1 aromatic carbocycles. The summed E-state index contributed by atoms with van der Waals surface area (Å²) in [4.78, 5) is 4.23. The first-order valence-electron chi connectivity index (χ1n) is 6.46. The van der Waals surface area contributed by atoms with Gasteiger partial charge in [-0.05, 0) is 29.6 Å². The number of aliphatic hydroxyl groups excluding tert-OH is 1. The molecule has 0 aliphatic heterocycles. The van der Waals surface area contributed by atoms with Crippen LogP contribution in [0.2, 0.25) is 0 Å². The van der Waals surface area contributed by atoms with E-state index in [4.69, 9.17) is 4.52 Å². The Morgan fingerprint density at radius 3 is 2.68 bits per heavy atom. The fourth-order valence-corrected chi connectivity index (χ4v) is 1.83. The van der Waals surface area contributed by atoms with Crippen LogP contribution in [0.5, 0.6) is 0 Å². The summed E-state index contributed by atoms with van der Waals surface area (Å²) >= 11 is 0. The molecule has 1 aromatic heterocycles. The van der Waals surface area contributed by atoms with E-state index in [0.717, 1.165) is 12.0 Å². The van der Waals surface area contributed by atoms with Crippen LogP contribution in [0.3, 0.4) is 0 Å². The average molecular weight is 261 g/mol. The molecule has 0 fully saturated rings. The highest BCUT2D eigenvalue weighted by Crippen LogP contribution is 2.17. The summed E-state index contributed by atoms with van der Waals surface area (Å²) in [5, 5.41) is 16.6. The molecule has 2 aromatic rings. The Morgan fingerprint density at radius 1 is 1.26 bits per heavy atom. The number of benzene rings is 1. The lowest BCUT2D eigenvalue weighted by atomic mass is 10.1. The molecule has 5 nitrogen and oxygen atoms in total. The molecule has 0 radical (unpaired) electrons. The predicted octanol–water partition coefficient (Wildman–Crippen LogP) is 2.56. The highest BCUT2D eigenvalue weighted by Gasteiger charge is 2.10. The lowest BCUT2D eigenvalue weighted by Crippen LogP contribution is -2.21. The predicted molar refractivity (Wildman–Crippen MR) is 73.7 cm³/mol. The van der Waals surface area contributed by atoms with Crippen molar-refractivity contribution in [3.63, 3.8) is 0 Å². The van der Waals surface area contributed by atoms with Crippen molar-refractivity contribution in [1.82, 2.24) is 10.1 Å². The van der Waals surface area contributed by atoms with Crippen LogP contribution in [-0.4, -0.2) is 27.9 Å². The molecule has 0 bridgehead atoms. The third-order valence-corrected chi connectivity index (χ3v) is 2.69. The van der Waals surface area contributed by atoms with Gasteiger partial charge in [0.25, 0.3) is 11.8 Å². The van der Waals surface area contributed by atoms with E-state index >= 15 is 0 Å². The number of anilines is 1. The molecule has 1 unspecified atom stereocenters. The van der Waals surface area contributed by atoms with E-state index in [9.17, 15) is 5.11 Å². The first kappa shape index (κ1) is 13.5. The summed E-state index contributed by atoms with van der Waals surface area (Å²) < 4.78 is 5.16. The van der Waals surface area contributed by atoms with Crippen LogP contribution in [0, 0.1) is 5.92 Å². The molecular weight excluding hydrogens is 242 g/mol. The Kier molecular flexibility index (Phi) is 4.52. The van der Waals surface area contributed by atoms with Crippen molar-refractivity contribution >= 4 is 5.95 Å². The van der Waals surface area contributed by atoms with E-state index in [-0.39, 0.29) is 0 Å². The maximum atomic E-state index is 9.76. The SMILES string of the molecule is CC(C)CC(O)CNc1noc(-c2ccccc2)n1. The van der Waals surface area contributed by atoms with E-state index in [1.807, 2.05) is 30.3 Å². The number of hydrogen-bond donors (Lipinski definition) is 2. The second-order valence-corrected chi connectivity index (χ2v) is 4.95. The molecule has 0 saturated heterocycles. The van der Waals surface area contributed by atoms with E-state index < -0.39 is 6.10 Å². The molecule has 2 rings (SSSR count). The summed E-state index contributed by atoms with van der Waals surface area (Å²) in [5.74, 6) is 1.34. The van der Waals surface area contributed by atoms with Crippen LogP contribution in [0.4, 0.5) is 5.95 Å². The molecule has 5 heteroatoms. The Bertz CT molecular complexity index is 496. The molecule has 0 spiro atoms. The summed E-state index contributed by atoms with van der Waals surface area (Å²) in [6.07, 6.45) is 0.342. The molecule has 0 saturated carbocycles. The average Bonchev–Trinajstić information content (AvgIpc) is 2.85. The van der Waals surface area contributed by atoms with Gasteiger partial charge in [0, 0.05) is 12.1 Å². The van der Waals surface area contributed by atoms with Crippen LogP contribution < -0.4 is 5.32 Å². The van der Waals surface area contributed by atoms with Crippen molar-refractivity contribution in [3.8, 4) is 11.5 Å². The zero-order valence-electron chi connectivity index (χ0n) is 11.2. The van der Waals surface area contributed by atoms with Crippen molar-refractivity contribution in [2.45, 2.75) is 26.4 Å². The van der Waals surface area contributed by atoms with Gasteiger partial charge in [0.1, 0.15) is 0 Å². The number of nitrogens with zero attached hydrogens (tertiary/aromatic N) is 2. The number of rotatable bonds is 6. The molecule has 102 valence electrons. The van der Waals surface area contributed by atoms with Crippen molar-refractivity contribution in [3.05, 3.63) is 30.3 Å². The second-order valence-electron chi connectivity index (χ2n) is 4.95. The number of aliphatic hydroxyl groups is 1. The maximum Gasteiger partial charge on any atom is 0.263 e. The summed E-state index contributed by atoms with van der Waals surface area (Å²) in [5.41, 5.74) is 0.880. The van der Waals surface area contributed by atoms with Crippen LogP contribution in [-0.2, 0) is 0 Å². The first-order chi connectivity index (χ1) is 9.15. The van der Waals surface area contributed by atoms with Crippen LogP contribution in [0.15, 0.2) is 34.9 Å². The minimum absolute atomic E-state index is 0.404. The Morgan fingerprint density at radius 2 is 2.00 bits per heavy atom. The fraction of sp³-hybridized carbons (Fsp3) is 0.429. The molecule has 0 aliphatic carbocycles. The van der Waals surface area contributed by atoms with Gasteiger partial charge < -0.3 is 14.9 Å². The van der Waals surface area contributed by atoms with Gasteiger partial charge in [-0.3, -0.25) is 0 Å². The fourth-order valence-electron chi connectivity index (χ4n) is 1.83. The lowest BCUT2D eigenvalue weighted by Gasteiger charge is -2.12. The minimum Gasteiger partial charge on any atom is -0.391 e. The zero-order valence-corrected chi connectivity index (χ0v) is 11.2. The smallest absolute Gasteiger partial charge is 0.263 e. The summed E-state index contributed by atoms with van der Waals surface area (Å²) in [6, 6.07) is 9.58. The molecule has 0 amide bonds. The van der Waals surface area contributed by atoms with Gasteiger partial charge in [-0.15, -0.1) is 0 Å². The molecule has 0 aliphatic rings. The van der Waals surface area contributed by atoms with E-state index in [1.54, 1.807) is 0 Å². The van der Waals surface area contributed by atoms with Gasteiger partial charge in [-0.25, -0.2) is 0 Å². The summed E-state index contributed by atoms with van der Waals surface area (Å²) in [6.45, 7) is 4.57. The maximum absolute atomic E-state index is 9.76. The molecule has 2 N–H and O–H groups in total. The third-order valence-electron chi connectivity index (χ3n) is 2.69. The first-order valence-corrected chi connectivity index (χ1v) is 6.46. The van der Waals surface area contributed by atoms with Crippen LogP contribution in [0.25, 0.3) is 11.5 Å². The second kappa shape index (κ2) is 6.33.